The van der Waals surface area contributed by atoms with E-state index in [2.05, 4.69) is 21.3 Å². The molecule has 4 aromatic rings. The molecule has 0 spiro atoms. The number of nitrogens with one attached hydrogen (secondary N) is 1. The van der Waals surface area contributed by atoms with Gasteiger partial charge in [-0.05, 0) is 67.4 Å². The lowest BCUT2D eigenvalue weighted by atomic mass is 10.0. The summed E-state index contributed by atoms with van der Waals surface area (Å²) in [6, 6.07) is 17.0. The predicted molar refractivity (Wildman–Crippen MR) is 133 cm³/mol. The van der Waals surface area contributed by atoms with Crippen molar-refractivity contribution in [3.63, 3.8) is 0 Å². The summed E-state index contributed by atoms with van der Waals surface area (Å²) in [6.45, 7) is -0.00871. The Labute approximate surface area is 212 Å². The quantitative estimate of drug-likeness (QED) is 0.331. The number of hydrogen-bond acceptors (Lipinski definition) is 6. The minimum atomic E-state index is -0.729. The number of halogens is 2. The number of H-pyrrole nitrogens is 1. The standard InChI is InChI=1S/C16H11F2N3O.C11H14N2O2/c17-10-6-4-9(5-7-10)13-8-14(21-20-13)15-11(16(19)22)2-1-3-12(15)18;1-15-10(8-14)4-5-11-9(7-12)3-2-6-13-11/h1-8H,(H2,19,22)(H,20,21);2-3,6,10,14H,4-5,8H2,1H3. The number of aromatic nitrogens is 3. The van der Waals surface area contributed by atoms with Crippen molar-refractivity contribution in [3.05, 3.63) is 95.3 Å². The second-order valence-electron chi connectivity index (χ2n) is 7.89. The molecular formula is C27H25F2N5O3. The third kappa shape index (κ3) is 7.04. The molecule has 8 nitrogen and oxygen atoms in total. The number of aliphatic hydroxyl groups is 1. The average molecular weight is 506 g/mol. The summed E-state index contributed by atoms with van der Waals surface area (Å²) in [6.07, 6.45) is 2.79. The normalized spacial score (nSPS) is 11.2. The average Bonchev–Trinajstić information content (AvgIpc) is 3.40. The van der Waals surface area contributed by atoms with Crippen molar-refractivity contribution in [3.8, 4) is 28.6 Å². The highest BCUT2D eigenvalue weighted by atomic mass is 19.1. The van der Waals surface area contributed by atoms with E-state index in [0.29, 0.717) is 35.4 Å². The zero-order valence-electron chi connectivity index (χ0n) is 20.0. The zero-order valence-corrected chi connectivity index (χ0v) is 20.0. The van der Waals surface area contributed by atoms with Gasteiger partial charge in [-0.2, -0.15) is 10.4 Å². The number of primary amides is 1. The van der Waals surface area contributed by atoms with Crippen LogP contribution < -0.4 is 5.73 Å². The van der Waals surface area contributed by atoms with Crippen molar-refractivity contribution in [2.45, 2.75) is 18.9 Å². The van der Waals surface area contributed by atoms with Crippen LogP contribution in [-0.4, -0.2) is 46.0 Å². The fourth-order valence-electron chi connectivity index (χ4n) is 3.54. The van der Waals surface area contributed by atoms with E-state index in [1.807, 2.05) is 0 Å². The first-order valence-electron chi connectivity index (χ1n) is 11.3. The van der Waals surface area contributed by atoms with E-state index >= 15 is 0 Å². The highest BCUT2D eigenvalue weighted by Gasteiger charge is 2.17. The maximum Gasteiger partial charge on any atom is 0.249 e. The molecule has 0 fully saturated rings. The molecule has 1 amide bonds. The molecule has 2 aromatic carbocycles. The van der Waals surface area contributed by atoms with Gasteiger partial charge >= 0.3 is 0 Å². The Morgan fingerprint density at radius 1 is 1.19 bits per heavy atom. The summed E-state index contributed by atoms with van der Waals surface area (Å²) in [4.78, 5) is 15.6. The minimum absolute atomic E-state index is 0.00871. The maximum absolute atomic E-state index is 14.1. The number of methoxy groups -OCH3 is 1. The topological polar surface area (TPSA) is 138 Å². The molecule has 2 heterocycles. The highest BCUT2D eigenvalue weighted by Crippen LogP contribution is 2.28. The number of aromatic amines is 1. The molecule has 190 valence electrons. The van der Waals surface area contributed by atoms with E-state index < -0.39 is 11.7 Å². The summed E-state index contributed by atoms with van der Waals surface area (Å²) in [5.74, 6) is -1.66. The number of rotatable bonds is 8. The van der Waals surface area contributed by atoms with Crippen molar-refractivity contribution in [2.75, 3.05) is 13.7 Å². The van der Waals surface area contributed by atoms with Crippen LogP contribution in [0, 0.1) is 23.0 Å². The Balaban J connectivity index is 0.000000222. The number of carbonyl (C=O) groups is 1. The number of carbonyl (C=O) groups excluding carboxylic acids is 1. The molecule has 2 aromatic heterocycles. The van der Waals surface area contributed by atoms with Crippen molar-refractivity contribution >= 4 is 5.91 Å². The van der Waals surface area contributed by atoms with Gasteiger partial charge < -0.3 is 15.6 Å². The van der Waals surface area contributed by atoms with Crippen LogP contribution in [0.5, 0.6) is 0 Å². The van der Waals surface area contributed by atoms with Crippen molar-refractivity contribution in [1.29, 1.82) is 5.26 Å². The van der Waals surface area contributed by atoms with Gasteiger partial charge in [0.15, 0.2) is 0 Å². The fraction of sp³-hybridized carbons (Fsp3) is 0.185. The van der Waals surface area contributed by atoms with Crippen LogP contribution >= 0.6 is 0 Å². The molecule has 1 atom stereocenters. The van der Waals surface area contributed by atoms with Gasteiger partial charge in [-0.3, -0.25) is 14.9 Å². The summed E-state index contributed by atoms with van der Waals surface area (Å²) in [5, 5.41) is 24.5. The lowest BCUT2D eigenvalue weighted by molar-refractivity contribution is 0.0433. The van der Waals surface area contributed by atoms with Crippen LogP contribution in [0.15, 0.2) is 66.9 Å². The minimum Gasteiger partial charge on any atom is -0.394 e. The Morgan fingerprint density at radius 3 is 2.59 bits per heavy atom. The van der Waals surface area contributed by atoms with Gasteiger partial charge in [0.2, 0.25) is 5.91 Å². The highest BCUT2D eigenvalue weighted by molar-refractivity contribution is 5.99. The fourth-order valence-corrected chi connectivity index (χ4v) is 3.54. The van der Waals surface area contributed by atoms with Crippen LogP contribution in [0.25, 0.3) is 22.5 Å². The third-order valence-corrected chi connectivity index (χ3v) is 5.52. The largest absolute Gasteiger partial charge is 0.394 e. The van der Waals surface area contributed by atoms with E-state index in [-0.39, 0.29) is 29.7 Å². The molecule has 0 saturated carbocycles. The molecule has 4 N–H and O–H groups in total. The number of pyridine rings is 1. The number of ether oxygens (including phenoxy) is 1. The number of nitriles is 1. The van der Waals surface area contributed by atoms with Crippen LogP contribution in [0.2, 0.25) is 0 Å². The van der Waals surface area contributed by atoms with Crippen LogP contribution in [0.4, 0.5) is 8.78 Å². The van der Waals surface area contributed by atoms with Crippen LogP contribution in [-0.2, 0) is 11.2 Å². The summed E-state index contributed by atoms with van der Waals surface area (Å²) in [7, 11) is 1.56. The molecule has 0 radical (unpaired) electrons. The Morgan fingerprint density at radius 2 is 1.95 bits per heavy atom. The van der Waals surface area contributed by atoms with E-state index in [1.54, 1.807) is 43.6 Å². The molecule has 4 rings (SSSR count). The molecule has 0 bridgehead atoms. The Hall–Kier alpha value is -4.46. The van der Waals surface area contributed by atoms with Gasteiger partial charge in [0.1, 0.15) is 17.7 Å². The number of nitrogens with two attached hydrogens (primary N) is 1. The molecule has 1 unspecified atom stereocenters. The van der Waals surface area contributed by atoms with E-state index in [1.165, 1.54) is 30.3 Å². The number of hydrogen-bond donors (Lipinski definition) is 3. The first-order chi connectivity index (χ1) is 17.9. The predicted octanol–water partition coefficient (Wildman–Crippen LogP) is 4.01. The first kappa shape index (κ1) is 27.1. The molecule has 0 saturated heterocycles. The van der Waals surface area contributed by atoms with Gasteiger partial charge in [0.05, 0.1) is 40.9 Å². The Kier molecular flexibility index (Phi) is 9.55. The third-order valence-electron chi connectivity index (χ3n) is 5.52. The van der Waals surface area contributed by atoms with Crippen molar-refractivity contribution in [1.82, 2.24) is 15.2 Å². The van der Waals surface area contributed by atoms with Crippen LogP contribution in [0.3, 0.4) is 0 Å². The number of aliphatic hydroxyl groups excluding tert-OH is 1. The first-order valence-corrected chi connectivity index (χ1v) is 11.3. The lowest BCUT2D eigenvalue weighted by Gasteiger charge is -2.11. The monoisotopic (exact) mass is 505 g/mol. The van der Waals surface area contributed by atoms with Crippen molar-refractivity contribution < 1.29 is 23.4 Å². The van der Waals surface area contributed by atoms with E-state index in [4.69, 9.17) is 20.8 Å². The molecule has 0 aliphatic heterocycles. The molecule has 37 heavy (non-hydrogen) atoms. The van der Waals surface area contributed by atoms with Gasteiger partial charge in [-0.1, -0.05) is 6.07 Å². The van der Waals surface area contributed by atoms with Gasteiger partial charge in [0, 0.05) is 24.4 Å². The maximum atomic E-state index is 14.1. The molecule has 0 aliphatic carbocycles. The summed E-state index contributed by atoms with van der Waals surface area (Å²) in [5.41, 5.74) is 8.25. The van der Waals surface area contributed by atoms with E-state index in [0.717, 1.165) is 5.69 Å². The van der Waals surface area contributed by atoms with Gasteiger partial charge in [-0.15, -0.1) is 0 Å². The molecular weight excluding hydrogens is 480 g/mol. The zero-order chi connectivity index (χ0) is 26.8. The van der Waals surface area contributed by atoms with E-state index in [9.17, 15) is 13.6 Å². The second-order valence-corrected chi connectivity index (χ2v) is 7.89. The van der Waals surface area contributed by atoms with Gasteiger partial charge in [0.25, 0.3) is 0 Å². The van der Waals surface area contributed by atoms with Crippen LogP contribution in [0.1, 0.15) is 28.0 Å². The van der Waals surface area contributed by atoms with Crippen molar-refractivity contribution in [2.24, 2.45) is 5.73 Å². The number of benzene rings is 2. The lowest BCUT2D eigenvalue weighted by Crippen LogP contribution is -2.16. The summed E-state index contributed by atoms with van der Waals surface area (Å²) >= 11 is 0. The Bertz CT molecular complexity index is 1380. The number of aryl methyl sites for hydroxylation is 1. The summed E-state index contributed by atoms with van der Waals surface area (Å²) < 4.78 is 32.0. The number of amides is 1. The SMILES string of the molecule is COC(CO)CCc1ncccc1C#N.NC(=O)c1cccc(F)c1-c1cc(-c2ccc(F)cc2)n[nH]1. The van der Waals surface area contributed by atoms with Gasteiger partial charge in [-0.25, -0.2) is 8.78 Å². The smallest absolute Gasteiger partial charge is 0.249 e. The number of nitrogens with zero attached hydrogens (tertiary/aromatic N) is 3. The molecule has 0 aliphatic rings. The molecule has 10 heteroatoms. The second kappa shape index (κ2) is 13.0.